The second-order valence-corrected chi connectivity index (χ2v) is 7.81. The molecule has 0 aromatic heterocycles. The maximum absolute atomic E-state index is 13.0. The lowest BCUT2D eigenvalue weighted by Gasteiger charge is -2.34. The molecule has 0 spiro atoms. The van der Waals surface area contributed by atoms with Crippen LogP contribution in [0, 0.1) is 0 Å². The summed E-state index contributed by atoms with van der Waals surface area (Å²) in [6, 6.07) is 12.1. The average molecular weight is 402 g/mol. The van der Waals surface area contributed by atoms with E-state index in [0.717, 1.165) is 11.1 Å². The van der Waals surface area contributed by atoms with Crippen molar-refractivity contribution in [3.63, 3.8) is 0 Å². The summed E-state index contributed by atoms with van der Waals surface area (Å²) in [6.07, 6.45) is 1.10. The standard InChI is InChI=1S/C21H17Cl2NO3/c22-16-5-4-11(7-17(16)23)13-8-18-21(19(26)9-13)15(10-20(27)24-18)12-2-1-3-14(25)6-12/h1-7,13,15,25H,8-10H2,(H,24,27). The van der Waals surface area contributed by atoms with Crippen molar-refractivity contribution in [1.29, 1.82) is 0 Å². The predicted octanol–water partition coefficient (Wildman–Crippen LogP) is 4.70. The number of benzene rings is 2. The van der Waals surface area contributed by atoms with Gasteiger partial charge >= 0.3 is 0 Å². The lowest BCUT2D eigenvalue weighted by molar-refractivity contribution is -0.122. The van der Waals surface area contributed by atoms with E-state index in [1.54, 1.807) is 30.3 Å². The van der Waals surface area contributed by atoms with Crippen LogP contribution in [0.5, 0.6) is 5.75 Å². The van der Waals surface area contributed by atoms with Crippen molar-refractivity contribution in [2.75, 3.05) is 0 Å². The molecule has 2 N–H and O–H groups in total. The number of nitrogens with one attached hydrogen (secondary N) is 1. The van der Waals surface area contributed by atoms with E-state index in [0.29, 0.717) is 34.2 Å². The van der Waals surface area contributed by atoms with Gasteiger partial charge in [0, 0.05) is 30.0 Å². The Kier molecular flexibility index (Phi) is 4.70. The van der Waals surface area contributed by atoms with Crippen molar-refractivity contribution in [2.24, 2.45) is 0 Å². The molecule has 6 heteroatoms. The zero-order chi connectivity index (χ0) is 19.1. The number of allylic oxidation sites excluding steroid dienone is 2. The molecule has 138 valence electrons. The molecule has 2 atom stereocenters. The number of halogens is 2. The van der Waals surface area contributed by atoms with E-state index in [2.05, 4.69) is 5.32 Å². The summed E-state index contributed by atoms with van der Waals surface area (Å²) < 4.78 is 0. The monoisotopic (exact) mass is 401 g/mol. The van der Waals surface area contributed by atoms with Crippen molar-refractivity contribution in [2.45, 2.75) is 31.1 Å². The Morgan fingerprint density at radius 1 is 0.926 bits per heavy atom. The van der Waals surface area contributed by atoms with Crippen molar-refractivity contribution < 1.29 is 14.7 Å². The number of aromatic hydroxyl groups is 1. The molecule has 2 unspecified atom stereocenters. The van der Waals surface area contributed by atoms with E-state index < -0.39 is 0 Å². The molecule has 2 aliphatic rings. The molecule has 0 saturated heterocycles. The van der Waals surface area contributed by atoms with Gasteiger partial charge < -0.3 is 10.4 Å². The van der Waals surface area contributed by atoms with E-state index >= 15 is 0 Å². The van der Waals surface area contributed by atoms with Crippen LogP contribution in [0.25, 0.3) is 0 Å². The normalized spacial score (nSPS) is 22.4. The molecule has 4 rings (SSSR count). The first-order valence-electron chi connectivity index (χ1n) is 8.72. The van der Waals surface area contributed by atoms with Crippen LogP contribution in [0.1, 0.15) is 42.2 Å². The summed E-state index contributed by atoms with van der Waals surface area (Å²) in [4.78, 5) is 25.3. The molecule has 1 amide bonds. The molecule has 2 aromatic carbocycles. The van der Waals surface area contributed by atoms with E-state index in [9.17, 15) is 14.7 Å². The zero-order valence-corrected chi connectivity index (χ0v) is 15.8. The van der Waals surface area contributed by atoms with Gasteiger partial charge in [0.15, 0.2) is 5.78 Å². The fourth-order valence-electron chi connectivity index (χ4n) is 3.99. The topological polar surface area (TPSA) is 66.4 Å². The molecule has 2 aromatic rings. The summed E-state index contributed by atoms with van der Waals surface area (Å²) in [6.45, 7) is 0. The Bertz CT molecular complexity index is 983. The van der Waals surface area contributed by atoms with E-state index in [4.69, 9.17) is 23.2 Å². The summed E-state index contributed by atoms with van der Waals surface area (Å²) in [5.41, 5.74) is 3.03. The molecule has 0 radical (unpaired) electrons. The average Bonchev–Trinajstić information content (AvgIpc) is 2.63. The third-order valence-electron chi connectivity index (χ3n) is 5.22. The number of phenols is 1. The number of phenolic OH excluding ortho intramolecular Hbond substituents is 1. The largest absolute Gasteiger partial charge is 0.508 e. The lowest BCUT2D eigenvalue weighted by Crippen LogP contribution is -2.38. The van der Waals surface area contributed by atoms with Gasteiger partial charge in [-0.05, 0) is 47.7 Å². The van der Waals surface area contributed by atoms with Crippen molar-refractivity contribution in [1.82, 2.24) is 5.32 Å². The Morgan fingerprint density at radius 2 is 1.74 bits per heavy atom. The van der Waals surface area contributed by atoms with Gasteiger partial charge in [-0.15, -0.1) is 0 Å². The second kappa shape index (κ2) is 7.02. The van der Waals surface area contributed by atoms with Gasteiger partial charge in [-0.1, -0.05) is 41.4 Å². The third-order valence-corrected chi connectivity index (χ3v) is 5.96. The van der Waals surface area contributed by atoms with Gasteiger partial charge in [0.05, 0.1) is 10.0 Å². The zero-order valence-electron chi connectivity index (χ0n) is 14.3. The minimum absolute atomic E-state index is 0.0145. The Balaban J connectivity index is 1.72. The number of Topliss-reactive ketones (excluding diaryl/α,β-unsaturated/α-hetero) is 1. The summed E-state index contributed by atoms with van der Waals surface area (Å²) in [5, 5.41) is 13.6. The number of carbonyl (C=O) groups is 2. The highest BCUT2D eigenvalue weighted by Crippen LogP contribution is 2.43. The van der Waals surface area contributed by atoms with Crippen LogP contribution in [0.3, 0.4) is 0 Å². The van der Waals surface area contributed by atoms with E-state index in [1.165, 1.54) is 0 Å². The van der Waals surface area contributed by atoms with Gasteiger partial charge in [0.1, 0.15) is 5.75 Å². The highest BCUT2D eigenvalue weighted by Gasteiger charge is 2.38. The van der Waals surface area contributed by atoms with Gasteiger partial charge in [0.2, 0.25) is 5.91 Å². The quantitative estimate of drug-likeness (QED) is 0.765. The number of hydrogen-bond donors (Lipinski definition) is 2. The van der Waals surface area contributed by atoms with Crippen molar-refractivity contribution in [3.05, 3.63) is 74.9 Å². The van der Waals surface area contributed by atoms with Gasteiger partial charge in [-0.25, -0.2) is 0 Å². The van der Waals surface area contributed by atoms with Crippen LogP contribution in [0.15, 0.2) is 53.7 Å². The van der Waals surface area contributed by atoms with Crippen LogP contribution < -0.4 is 5.32 Å². The Hall–Kier alpha value is -2.30. The third kappa shape index (κ3) is 3.47. The molecule has 4 nitrogen and oxygen atoms in total. The van der Waals surface area contributed by atoms with E-state index in [-0.39, 0.29) is 35.7 Å². The first-order valence-corrected chi connectivity index (χ1v) is 9.48. The fraction of sp³-hybridized carbons (Fsp3) is 0.238. The number of hydrogen-bond acceptors (Lipinski definition) is 3. The first-order chi connectivity index (χ1) is 12.9. The summed E-state index contributed by atoms with van der Waals surface area (Å²) >= 11 is 12.1. The van der Waals surface area contributed by atoms with Crippen molar-refractivity contribution >= 4 is 34.9 Å². The van der Waals surface area contributed by atoms with Crippen LogP contribution >= 0.6 is 23.2 Å². The van der Waals surface area contributed by atoms with Gasteiger partial charge in [-0.3, -0.25) is 9.59 Å². The number of amides is 1. The SMILES string of the molecule is O=C1CC(c2cccc(O)c2)C2=C(CC(c3ccc(Cl)c(Cl)c3)CC2=O)N1. The van der Waals surface area contributed by atoms with E-state index in [1.807, 2.05) is 12.1 Å². The maximum atomic E-state index is 13.0. The molecule has 0 saturated carbocycles. The van der Waals surface area contributed by atoms with Crippen LogP contribution in [0.4, 0.5) is 0 Å². The smallest absolute Gasteiger partial charge is 0.225 e. The summed E-state index contributed by atoms with van der Waals surface area (Å²) in [7, 11) is 0. The summed E-state index contributed by atoms with van der Waals surface area (Å²) in [5.74, 6) is -0.375. The van der Waals surface area contributed by atoms with Gasteiger partial charge in [0.25, 0.3) is 0 Å². The van der Waals surface area contributed by atoms with Crippen LogP contribution in [-0.4, -0.2) is 16.8 Å². The predicted molar refractivity (Wildman–Crippen MR) is 104 cm³/mol. The fourth-order valence-corrected chi connectivity index (χ4v) is 4.29. The first kappa shape index (κ1) is 18.1. The molecular formula is C21H17Cl2NO3. The molecular weight excluding hydrogens is 385 g/mol. The van der Waals surface area contributed by atoms with Crippen LogP contribution in [-0.2, 0) is 9.59 Å². The van der Waals surface area contributed by atoms with Crippen LogP contribution in [0.2, 0.25) is 10.0 Å². The molecule has 1 aliphatic carbocycles. The minimum Gasteiger partial charge on any atom is -0.508 e. The molecule has 1 heterocycles. The highest BCUT2D eigenvalue weighted by atomic mass is 35.5. The van der Waals surface area contributed by atoms with Gasteiger partial charge in [-0.2, -0.15) is 0 Å². The number of ketones is 1. The molecule has 0 fully saturated rings. The maximum Gasteiger partial charge on any atom is 0.225 e. The van der Waals surface area contributed by atoms with Crippen molar-refractivity contribution in [3.8, 4) is 5.75 Å². The minimum atomic E-state index is -0.330. The molecule has 1 aliphatic heterocycles. The highest BCUT2D eigenvalue weighted by molar-refractivity contribution is 6.42. The Labute approximate surface area is 166 Å². The Morgan fingerprint density at radius 3 is 2.48 bits per heavy atom. The molecule has 0 bridgehead atoms. The number of rotatable bonds is 2. The second-order valence-electron chi connectivity index (χ2n) is 6.99. The lowest BCUT2D eigenvalue weighted by atomic mass is 9.73. The number of carbonyl (C=O) groups excluding carboxylic acids is 2. The molecule has 27 heavy (non-hydrogen) atoms.